The molecule has 1 unspecified atom stereocenters. The number of amides is 1. The minimum Gasteiger partial charge on any atom is -0.372 e. The molecule has 6 heteroatoms. The fourth-order valence-corrected chi connectivity index (χ4v) is 2.26. The van der Waals surface area contributed by atoms with Gasteiger partial charge in [0.15, 0.2) is 0 Å². The number of nitrogens with one attached hydrogen (secondary N) is 1. The van der Waals surface area contributed by atoms with Crippen molar-refractivity contribution in [1.29, 1.82) is 0 Å². The highest BCUT2D eigenvalue weighted by atomic mass is 35.5. The Balaban J connectivity index is 0.00000200. The second-order valence-corrected chi connectivity index (χ2v) is 4.65. The van der Waals surface area contributed by atoms with Gasteiger partial charge in [-0.3, -0.25) is 9.78 Å². The Kier molecular flexibility index (Phi) is 7.51. The first-order valence-corrected chi connectivity index (χ1v) is 6.80. The molecule has 0 spiro atoms. The van der Waals surface area contributed by atoms with Gasteiger partial charge in [-0.2, -0.15) is 0 Å². The maximum Gasteiger partial charge on any atom is 0.249 e. The van der Waals surface area contributed by atoms with E-state index in [1.807, 2.05) is 30.2 Å². The smallest absolute Gasteiger partial charge is 0.249 e. The fraction of sp³-hybridized carbons (Fsp3) is 0.571. The van der Waals surface area contributed by atoms with Gasteiger partial charge >= 0.3 is 0 Å². The lowest BCUT2D eigenvalue weighted by Crippen LogP contribution is -2.49. The Morgan fingerprint density at radius 1 is 1.60 bits per heavy atom. The molecule has 1 aromatic heterocycles. The van der Waals surface area contributed by atoms with Gasteiger partial charge in [-0.15, -0.1) is 12.4 Å². The Hall–Kier alpha value is -1.17. The zero-order valence-electron chi connectivity index (χ0n) is 11.7. The standard InChI is InChI=1S/C14H21N3O2.ClH/c1-2-8-19-11-14(18)17-7-6-16-10-13(17)12-4-3-5-15-9-12;/h3-5,9,13,16H,2,6-8,10-11H2,1H3;1H. The number of piperazine rings is 1. The molecule has 0 radical (unpaired) electrons. The van der Waals surface area contributed by atoms with Crippen LogP contribution in [0.25, 0.3) is 0 Å². The summed E-state index contributed by atoms with van der Waals surface area (Å²) in [7, 11) is 0. The predicted molar refractivity (Wildman–Crippen MR) is 79.9 cm³/mol. The molecule has 5 nitrogen and oxygen atoms in total. The summed E-state index contributed by atoms with van der Waals surface area (Å²) in [5, 5.41) is 3.32. The van der Waals surface area contributed by atoms with Gasteiger partial charge in [-0.05, 0) is 18.1 Å². The van der Waals surface area contributed by atoms with E-state index in [1.54, 1.807) is 6.20 Å². The van der Waals surface area contributed by atoms with Gasteiger partial charge in [0.05, 0.1) is 6.04 Å². The van der Waals surface area contributed by atoms with Crippen LogP contribution in [0.5, 0.6) is 0 Å². The van der Waals surface area contributed by atoms with E-state index in [-0.39, 0.29) is 31.0 Å². The number of carbonyl (C=O) groups is 1. The molecule has 0 aliphatic carbocycles. The van der Waals surface area contributed by atoms with E-state index < -0.39 is 0 Å². The third-order valence-corrected chi connectivity index (χ3v) is 3.21. The van der Waals surface area contributed by atoms with Crippen molar-refractivity contribution in [3.63, 3.8) is 0 Å². The summed E-state index contributed by atoms with van der Waals surface area (Å²) in [5.74, 6) is 0.0591. The maximum absolute atomic E-state index is 12.2. The minimum absolute atomic E-state index is 0. The summed E-state index contributed by atoms with van der Waals surface area (Å²) in [6, 6.07) is 3.97. The van der Waals surface area contributed by atoms with Crippen molar-refractivity contribution >= 4 is 18.3 Å². The lowest BCUT2D eigenvalue weighted by Gasteiger charge is -2.36. The highest BCUT2D eigenvalue weighted by Gasteiger charge is 2.27. The number of rotatable bonds is 5. The molecule has 0 saturated carbocycles. The SMILES string of the molecule is CCCOCC(=O)N1CCNCC1c1cccnc1.Cl. The molecule has 1 aromatic rings. The van der Waals surface area contributed by atoms with Crippen LogP contribution in [0.2, 0.25) is 0 Å². The molecule has 1 N–H and O–H groups in total. The number of ether oxygens (including phenoxy) is 1. The first-order chi connectivity index (χ1) is 9.33. The van der Waals surface area contributed by atoms with E-state index in [4.69, 9.17) is 4.74 Å². The van der Waals surface area contributed by atoms with Crippen LogP contribution in [0.3, 0.4) is 0 Å². The molecule has 1 aliphatic rings. The van der Waals surface area contributed by atoms with E-state index in [9.17, 15) is 4.79 Å². The number of halogens is 1. The summed E-state index contributed by atoms with van der Waals surface area (Å²) in [6.07, 6.45) is 4.50. The number of aromatic nitrogens is 1. The number of pyridine rings is 1. The monoisotopic (exact) mass is 299 g/mol. The molecule has 1 aliphatic heterocycles. The average Bonchev–Trinajstić information content (AvgIpc) is 2.48. The van der Waals surface area contributed by atoms with Crippen molar-refractivity contribution in [2.45, 2.75) is 19.4 Å². The molecule has 1 saturated heterocycles. The van der Waals surface area contributed by atoms with Crippen molar-refractivity contribution in [2.75, 3.05) is 32.8 Å². The molecule has 0 bridgehead atoms. The van der Waals surface area contributed by atoms with Crippen LogP contribution in [-0.4, -0.2) is 48.6 Å². The molecular weight excluding hydrogens is 278 g/mol. The molecule has 0 aromatic carbocycles. The van der Waals surface area contributed by atoms with Gasteiger partial charge < -0.3 is 15.0 Å². The van der Waals surface area contributed by atoms with Crippen LogP contribution in [0.15, 0.2) is 24.5 Å². The number of hydrogen-bond acceptors (Lipinski definition) is 4. The first kappa shape index (κ1) is 16.9. The van der Waals surface area contributed by atoms with Crippen molar-refractivity contribution in [1.82, 2.24) is 15.2 Å². The van der Waals surface area contributed by atoms with E-state index in [0.717, 1.165) is 25.1 Å². The number of carbonyl (C=O) groups excluding carboxylic acids is 1. The topological polar surface area (TPSA) is 54.5 Å². The Labute approximate surface area is 126 Å². The number of nitrogens with zero attached hydrogens (tertiary/aromatic N) is 2. The van der Waals surface area contributed by atoms with Crippen molar-refractivity contribution < 1.29 is 9.53 Å². The minimum atomic E-state index is 0. The molecule has 2 rings (SSSR count). The average molecular weight is 300 g/mol. The van der Waals surface area contributed by atoms with Crippen LogP contribution >= 0.6 is 12.4 Å². The zero-order chi connectivity index (χ0) is 13.5. The Bertz CT molecular complexity index is 403. The van der Waals surface area contributed by atoms with E-state index in [0.29, 0.717) is 13.2 Å². The van der Waals surface area contributed by atoms with Crippen molar-refractivity contribution in [2.24, 2.45) is 0 Å². The van der Waals surface area contributed by atoms with Crippen molar-refractivity contribution in [3.8, 4) is 0 Å². The molecule has 112 valence electrons. The van der Waals surface area contributed by atoms with Gasteiger partial charge in [0.25, 0.3) is 0 Å². The quantitative estimate of drug-likeness (QED) is 0.835. The predicted octanol–water partition coefficient (Wildman–Crippen LogP) is 1.40. The van der Waals surface area contributed by atoms with E-state index in [1.165, 1.54) is 0 Å². The molecule has 20 heavy (non-hydrogen) atoms. The summed E-state index contributed by atoms with van der Waals surface area (Å²) >= 11 is 0. The van der Waals surface area contributed by atoms with E-state index >= 15 is 0 Å². The van der Waals surface area contributed by atoms with Crippen LogP contribution in [-0.2, 0) is 9.53 Å². The Morgan fingerprint density at radius 3 is 3.15 bits per heavy atom. The van der Waals surface area contributed by atoms with Gasteiger partial charge in [0, 0.05) is 38.6 Å². The normalized spacial score (nSPS) is 18.4. The highest BCUT2D eigenvalue weighted by molar-refractivity contribution is 5.85. The van der Waals surface area contributed by atoms with Crippen LogP contribution in [0.1, 0.15) is 24.9 Å². The zero-order valence-corrected chi connectivity index (χ0v) is 12.6. The van der Waals surface area contributed by atoms with Gasteiger partial charge in [-0.25, -0.2) is 0 Å². The van der Waals surface area contributed by atoms with Crippen LogP contribution in [0.4, 0.5) is 0 Å². The largest absolute Gasteiger partial charge is 0.372 e. The van der Waals surface area contributed by atoms with Gasteiger partial charge in [0.1, 0.15) is 6.61 Å². The summed E-state index contributed by atoms with van der Waals surface area (Å²) < 4.78 is 5.35. The highest BCUT2D eigenvalue weighted by Crippen LogP contribution is 2.21. The molecule has 1 atom stereocenters. The van der Waals surface area contributed by atoms with E-state index in [2.05, 4.69) is 10.3 Å². The maximum atomic E-state index is 12.2. The van der Waals surface area contributed by atoms with Crippen LogP contribution in [0, 0.1) is 0 Å². The molecule has 2 heterocycles. The van der Waals surface area contributed by atoms with Gasteiger partial charge in [-0.1, -0.05) is 13.0 Å². The van der Waals surface area contributed by atoms with Crippen molar-refractivity contribution in [3.05, 3.63) is 30.1 Å². The van der Waals surface area contributed by atoms with Gasteiger partial charge in [0.2, 0.25) is 5.91 Å². The second kappa shape index (κ2) is 8.89. The lowest BCUT2D eigenvalue weighted by atomic mass is 10.1. The first-order valence-electron chi connectivity index (χ1n) is 6.80. The molecule has 1 fully saturated rings. The lowest BCUT2D eigenvalue weighted by molar-refractivity contribution is -0.139. The summed E-state index contributed by atoms with van der Waals surface area (Å²) in [4.78, 5) is 18.2. The Morgan fingerprint density at radius 2 is 2.45 bits per heavy atom. The third-order valence-electron chi connectivity index (χ3n) is 3.21. The second-order valence-electron chi connectivity index (χ2n) is 4.65. The summed E-state index contributed by atoms with van der Waals surface area (Å²) in [5.41, 5.74) is 1.07. The fourth-order valence-electron chi connectivity index (χ4n) is 2.26. The molecular formula is C14H22ClN3O2. The summed E-state index contributed by atoms with van der Waals surface area (Å²) in [6.45, 7) is 5.16. The number of hydrogen-bond donors (Lipinski definition) is 1. The molecule has 1 amide bonds. The third kappa shape index (κ3) is 4.44. The van der Waals surface area contributed by atoms with Crippen LogP contribution < -0.4 is 5.32 Å².